The Balaban J connectivity index is 0.000000396. The predicted molar refractivity (Wildman–Crippen MR) is 59.2 cm³/mol. The minimum absolute atomic E-state index is 0.806. The minimum Gasteiger partial charge on any atom is -0.399 e. The lowest BCUT2D eigenvalue weighted by atomic mass is 10.2. The average molecular weight is 179 g/mol. The molecule has 0 atom stereocenters. The molecule has 0 unspecified atom stereocenters. The second kappa shape index (κ2) is 4.60. The first-order valence-electron chi connectivity index (χ1n) is 4.73. The summed E-state index contributed by atoms with van der Waals surface area (Å²) in [6, 6.07) is 5.84. The van der Waals surface area contributed by atoms with Gasteiger partial charge in [-0.15, -0.1) is 0 Å². The fourth-order valence-corrected chi connectivity index (χ4v) is 1.26. The molecule has 0 bridgehead atoms. The molecule has 0 fully saturated rings. The average Bonchev–Trinajstić information content (AvgIpc) is 2.21. The predicted octanol–water partition coefficient (Wildman–Crippen LogP) is 2.13. The molecular formula is C10H17N3. The van der Waals surface area contributed by atoms with E-state index in [1.807, 2.05) is 32.0 Å². The summed E-state index contributed by atoms with van der Waals surface area (Å²) in [5, 5.41) is 6.53. The summed E-state index contributed by atoms with van der Waals surface area (Å²) in [5.74, 6) is 0. The lowest BCUT2D eigenvalue weighted by molar-refractivity contribution is 1.05. The summed E-state index contributed by atoms with van der Waals surface area (Å²) in [5.41, 5.74) is 8.67. The van der Waals surface area contributed by atoms with Crippen LogP contribution in [0, 0.1) is 0 Å². The van der Waals surface area contributed by atoms with Gasteiger partial charge in [-0.3, -0.25) is 0 Å². The van der Waals surface area contributed by atoms with E-state index in [1.54, 1.807) is 0 Å². The summed E-state index contributed by atoms with van der Waals surface area (Å²) < 4.78 is 0. The first-order valence-corrected chi connectivity index (χ1v) is 4.73. The summed E-state index contributed by atoms with van der Waals surface area (Å²) >= 11 is 0. The van der Waals surface area contributed by atoms with Crippen LogP contribution in [0.1, 0.15) is 13.8 Å². The van der Waals surface area contributed by atoms with E-state index in [-0.39, 0.29) is 0 Å². The largest absolute Gasteiger partial charge is 0.399 e. The van der Waals surface area contributed by atoms with Crippen LogP contribution < -0.4 is 16.4 Å². The quantitative estimate of drug-likeness (QED) is 0.535. The fraction of sp³-hybridized carbons (Fsp3) is 0.400. The zero-order chi connectivity index (χ0) is 9.68. The number of fused-ring (bicyclic) bond motifs is 1. The van der Waals surface area contributed by atoms with Gasteiger partial charge >= 0.3 is 0 Å². The fourth-order valence-electron chi connectivity index (χ4n) is 1.26. The zero-order valence-corrected chi connectivity index (χ0v) is 8.22. The number of anilines is 3. The summed E-state index contributed by atoms with van der Waals surface area (Å²) in [6.07, 6.45) is 0. The summed E-state index contributed by atoms with van der Waals surface area (Å²) in [4.78, 5) is 0. The second-order valence-corrected chi connectivity index (χ2v) is 2.66. The van der Waals surface area contributed by atoms with Gasteiger partial charge in [0, 0.05) is 18.8 Å². The second-order valence-electron chi connectivity index (χ2n) is 2.66. The molecule has 1 aliphatic heterocycles. The van der Waals surface area contributed by atoms with Gasteiger partial charge in [-0.25, -0.2) is 0 Å². The van der Waals surface area contributed by atoms with Crippen molar-refractivity contribution in [3.05, 3.63) is 18.2 Å². The van der Waals surface area contributed by atoms with Crippen LogP contribution in [-0.4, -0.2) is 13.1 Å². The molecule has 0 radical (unpaired) electrons. The third kappa shape index (κ3) is 2.28. The Kier molecular flexibility index (Phi) is 3.43. The van der Waals surface area contributed by atoms with Crippen molar-refractivity contribution in [1.29, 1.82) is 0 Å². The van der Waals surface area contributed by atoms with Gasteiger partial charge in [-0.05, 0) is 18.2 Å². The molecule has 13 heavy (non-hydrogen) atoms. The van der Waals surface area contributed by atoms with Crippen LogP contribution >= 0.6 is 0 Å². The number of nitrogens with one attached hydrogen (secondary N) is 2. The Labute approximate surface area is 79.3 Å². The molecule has 3 nitrogen and oxygen atoms in total. The van der Waals surface area contributed by atoms with Gasteiger partial charge in [0.25, 0.3) is 0 Å². The Morgan fingerprint density at radius 2 is 1.69 bits per heavy atom. The highest BCUT2D eigenvalue weighted by molar-refractivity contribution is 5.74. The van der Waals surface area contributed by atoms with Crippen molar-refractivity contribution in [2.75, 3.05) is 29.5 Å². The van der Waals surface area contributed by atoms with E-state index < -0.39 is 0 Å². The van der Waals surface area contributed by atoms with Gasteiger partial charge < -0.3 is 16.4 Å². The number of nitrogen functional groups attached to an aromatic ring is 1. The van der Waals surface area contributed by atoms with E-state index >= 15 is 0 Å². The molecule has 0 amide bonds. The number of hydrogen-bond acceptors (Lipinski definition) is 3. The number of rotatable bonds is 0. The van der Waals surface area contributed by atoms with Gasteiger partial charge in [-0.1, -0.05) is 13.8 Å². The Bertz CT molecular complexity index is 271. The summed E-state index contributed by atoms with van der Waals surface area (Å²) in [6.45, 7) is 5.95. The summed E-state index contributed by atoms with van der Waals surface area (Å²) in [7, 11) is 0. The van der Waals surface area contributed by atoms with Crippen LogP contribution in [0.25, 0.3) is 0 Å². The Morgan fingerprint density at radius 1 is 1.08 bits per heavy atom. The molecule has 0 saturated carbocycles. The number of benzene rings is 1. The first-order chi connectivity index (χ1) is 6.36. The van der Waals surface area contributed by atoms with Crippen LogP contribution in [0.3, 0.4) is 0 Å². The van der Waals surface area contributed by atoms with Gasteiger partial charge in [0.05, 0.1) is 11.4 Å². The maximum Gasteiger partial charge on any atom is 0.0597 e. The molecule has 72 valence electrons. The smallest absolute Gasteiger partial charge is 0.0597 e. The molecule has 1 aromatic rings. The molecule has 0 aliphatic carbocycles. The monoisotopic (exact) mass is 179 g/mol. The van der Waals surface area contributed by atoms with Crippen molar-refractivity contribution in [2.24, 2.45) is 0 Å². The van der Waals surface area contributed by atoms with Gasteiger partial charge in [-0.2, -0.15) is 0 Å². The van der Waals surface area contributed by atoms with Crippen molar-refractivity contribution in [1.82, 2.24) is 0 Å². The van der Waals surface area contributed by atoms with E-state index in [0.717, 1.165) is 30.2 Å². The van der Waals surface area contributed by atoms with E-state index in [9.17, 15) is 0 Å². The molecule has 2 rings (SSSR count). The van der Waals surface area contributed by atoms with E-state index in [4.69, 9.17) is 5.73 Å². The molecule has 1 aliphatic rings. The van der Waals surface area contributed by atoms with Crippen molar-refractivity contribution in [3.63, 3.8) is 0 Å². The molecule has 0 saturated heterocycles. The Morgan fingerprint density at radius 3 is 2.38 bits per heavy atom. The van der Waals surface area contributed by atoms with Crippen molar-refractivity contribution < 1.29 is 0 Å². The van der Waals surface area contributed by atoms with Crippen LogP contribution in [0.5, 0.6) is 0 Å². The van der Waals surface area contributed by atoms with E-state index in [0.29, 0.717) is 0 Å². The maximum absolute atomic E-state index is 5.61. The SMILES string of the molecule is CC.Nc1ccc2c(c1)NCCN2. The van der Waals surface area contributed by atoms with Crippen molar-refractivity contribution in [2.45, 2.75) is 13.8 Å². The first kappa shape index (κ1) is 9.71. The standard InChI is InChI=1S/C8H11N3.C2H6/c9-6-1-2-7-8(5-6)11-4-3-10-7;1-2/h1-2,5,10-11H,3-4,9H2;1-2H3. The topological polar surface area (TPSA) is 50.1 Å². The van der Waals surface area contributed by atoms with Crippen molar-refractivity contribution >= 4 is 17.1 Å². The molecular weight excluding hydrogens is 162 g/mol. The lowest BCUT2D eigenvalue weighted by Crippen LogP contribution is -2.20. The molecule has 0 spiro atoms. The zero-order valence-electron chi connectivity index (χ0n) is 8.22. The maximum atomic E-state index is 5.61. The van der Waals surface area contributed by atoms with Crippen LogP contribution in [0.4, 0.5) is 17.1 Å². The molecule has 4 N–H and O–H groups in total. The van der Waals surface area contributed by atoms with Gasteiger partial charge in [0.15, 0.2) is 0 Å². The van der Waals surface area contributed by atoms with Crippen molar-refractivity contribution in [3.8, 4) is 0 Å². The highest BCUT2D eigenvalue weighted by atomic mass is 15.0. The third-order valence-corrected chi connectivity index (χ3v) is 1.80. The molecule has 1 aromatic carbocycles. The Hall–Kier alpha value is -1.38. The van der Waals surface area contributed by atoms with Gasteiger partial charge in [0.1, 0.15) is 0 Å². The lowest BCUT2D eigenvalue weighted by Gasteiger charge is -2.19. The van der Waals surface area contributed by atoms with Crippen LogP contribution in [-0.2, 0) is 0 Å². The minimum atomic E-state index is 0.806. The van der Waals surface area contributed by atoms with Crippen LogP contribution in [0.15, 0.2) is 18.2 Å². The highest BCUT2D eigenvalue weighted by Crippen LogP contribution is 2.25. The molecule has 1 heterocycles. The third-order valence-electron chi connectivity index (χ3n) is 1.80. The normalized spacial score (nSPS) is 12.8. The van der Waals surface area contributed by atoms with Crippen LogP contribution in [0.2, 0.25) is 0 Å². The van der Waals surface area contributed by atoms with Gasteiger partial charge in [0.2, 0.25) is 0 Å². The highest BCUT2D eigenvalue weighted by Gasteiger charge is 2.05. The number of nitrogens with two attached hydrogens (primary N) is 1. The van der Waals surface area contributed by atoms with E-state index in [1.165, 1.54) is 0 Å². The van der Waals surface area contributed by atoms with E-state index in [2.05, 4.69) is 10.6 Å². The number of hydrogen-bond donors (Lipinski definition) is 3. The molecule has 3 heteroatoms. The molecule has 0 aromatic heterocycles.